The predicted octanol–water partition coefficient (Wildman–Crippen LogP) is 4.33. The Hall–Kier alpha value is -0.540. The van der Waals surface area contributed by atoms with Gasteiger partial charge in [-0.1, -0.05) is 38.4 Å². The summed E-state index contributed by atoms with van der Waals surface area (Å²) in [6.07, 6.45) is 0. The highest BCUT2D eigenvalue weighted by Crippen LogP contribution is 2.30. The lowest BCUT2D eigenvalue weighted by Crippen LogP contribution is -2.24. The first-order chi connectivity index (χ1) is 7.43. The van der Waals surface area contributed by atoms with Crippen molar-refractivity contribution in [1.29, 1.82) is 0 Å². The van der Waals surface area contributed by atoms with E-state index in [1.807, 2.05) is 32.9 Å². The van der Waals surface area contributed by atoms with Crippen LogP contribution in [0.1, 0.15) is 20.8 Å². The molecule has 0 aliphatic carbocycles. The number of nitrogens with one attached hydrogen (secondary N) is 1. The molecule has 1 N–H and O–H groups in total. The zero-order valence-electron chi connectivity index (χ0n) is 9.55. The Kier molecular flexibility index (Phi) is 4.81. The molecule has 0 saturated heterocycles. The van der Waals surface area contributed by atoms with E-state index in [9.17, 15) is 4.79 Å². The maximum absolute atomic E-state index is 11.8. The minimum atomic E-state index is -0.0223. The van der Waals surface area contributed by atoms with Crippen molar-refractivity contribution in [3.05, 3.63) is 27.7 Å². The number of halogens is 2. The van der Waals surface area contributed by atoms with E-state index >= 15 is 0 Å². The first-order valence-electron chi connectivity index (χ1n) is 5.18. The van der Waals surface area contributed by atoms with Crippen molar-refractivity contribution in [1.82, 2.24) is 0 Å². The third-order valence-electron chi connectivity index (χ3n) is 2.62. The summed E-state index contributed by atoms with van der Waals surface area (Å²) in [6, 6.07) is 5.40. The maximum Gasteiger partial charge on any atom is 0.227 e. The van der Waals surface area contributed by atoms with Crippen LogP contribution in [0.5, 0.6) is 0 Å². The summed E-state index contributed by atoms with van der Waals surface area (Å²) in [7, 11) is 0. The maximum atomic E-state index is 11.8. The van der Waals surface area contributed by atoms with Gasteiger partial charge in [0.15, 0.2) is 0 Å². The Morgan fingerprint density at radius 1 is 1.38 bits per heavy atom. The van der Waals surface area contributed by atoms with E-state index in [1.54, 1.807) is 6.07 Å². The molecule has 0 aromatic heterocycles. The van der Waals surface area contributed by atoms with E-state index in [4.69, 9.17) is 11.6 Å². The molecule has 0 radical (unpaired) electrons. The van der Waals surface area contributed by atoms with Gasteiger partial charge in [-0.3, -0.25) is 4.79 Å². The molecule has 16 heavy (non-hydrogen) atoms. The fraction of sp³-hybridized carbons (Fsp3) is 0.417. The van der Waals surface area contributed by atoms with Gasteiger partial charge in [0.05, 0.1) is 15.2 Å². The number of hydrogen-bond acceptors (Lipinski definition) is 1. The summed E-state index contributed by atoms with van der Waals surface area (Å²) >= 11 is 9.29. The van der Waals surface area contributed by atoms with Gasteiger partial charge in [-0.25, -0.2) is 0 Å². The topological polar surface area (TPSA) is 29.1 Å². The van der Waals surface area contributed by atoms with Crippen LogP contribution in [-0.2, 0) is 4.79 Å². The quantitative estimate of drug-likeness (QED) is 0.884. The zero-order valence-corrected chi connectivity index (χ0v) is 11.9. The Balaban J connectivity index is 2.81. The molecule has 0 aliphatic heterocycles. The first-order valence-corrected chi connectivity index (χ1v) is 6.35. The molecule has 0 heterocycles. The molecular formula is C12H15BrClNO. The smallest absolute Gasteiger partial charge is 0.227 e. The van der Waals surface area contributed by atoms with Gasteiger partial charge in [0.1, 0.15) is 0 Å². The number of carbonyl (C=O) groups excluding carboxylic acids is 1. The Labute approximate surface area is 110 Å². The second-order valence-corrected chi connectivity index (χ2v) is 5.32. The highest BCUT2D eigenvalue weighted by molar-refractivity contribution is 9.10. The second-order valence-electron chi connectivity index (χ2n) is 4.12. The second kappa shape index (κ2) is 5.69. The van der Waals surface area contributed by atoms with Crippen molar-refractivity contribution in [3.63, 3.8) is 0 Å². The van der Waals surface area contributed by atoms with Crippen LogP contribution in [0.2, 0.25) is 5.02 Å². The van der Waals surface area contributed by atoms with Crippen LogP contribution in [0.15, 0.2) is 22.7 Å². The SMILES string of the molecule is CC(C)C(C)C(=O)Nc1cccc(Cl)c1Br. The fourth-order valence-electron chi connectivity index (χ4n) is 1.15. The molecular weight excluding hydrogens is 289 g/mol. The highest BCUT2D eigenvalue weighted by atomic mass is 79.9. The standard InChI is InChI=1S/C12H15BrClNO/c1-7(2)8(3)12(16)15-10-6-4-5-9(14)11(10)13/h4-8H,1-3H3,(H,15,16). The lowest BCUT2D eigenvalue weighted by atomic mass is 9.97. The van der Waals surface area contributed by atoms with E-state index in [0.29, 0.717) is 16.6 Å². The van der Waals surface area contributed by atoms with Gasteiger partial charge in [-0.05, 0) is 34.0 Å². The van der Waals surface area contributed by atoms with Gasteiger partial charge in [-0.2, -0.15) is 0 Å². The number of hydrogen-bond donors (Lipinski definition) is 1. The van der Waals surface area contributed by atoms with Crippen molar-refractivity contribution in [2.45, 2.75) is 20.8 Å². The summed E-state index contributed by atoms with van der Waals surface area (Å²) in [4.78, 5) is 11.8. The van der Waals surface area contributed by atoms with Crippen molar-refractivity contribution in [2.75, 3.05) is 5.32 Å². The van der Waals surface area contributed by atoms with E-state index in [0.717, 1.165) is 4.47 Å². The van der Waals surface area contributed by atoms with Crippen LogP contribution < -0.4 is 5.32 Å². The minimum absolute atomic E-state index is 0.0120. The molecule has 1 aromatic rings. The summed E-state index contributed by atoms with van der Waals surface area (Å²) in [5, 5.41) is 3.45. The molecule has 1 unspecified atom stereocenters. The molecule has 1 rings (SSSR count). The largest absolute Gasteiger partial charge is 0.325 e. The minimum Gasteiger partial charge on any atom is -0.325 e. The summed E-state index contributed by atoms with van der Waals surface area (Å²) < 4.78 is 0.723. The summed E-state index contributed by atoms with van der Waals surface area (Å²) in [5.41, 5.74) is 0.713. The van der Waals surface area contributed by atoms with Gasteiger partial charge in [0, 0.05) is 5.92 Å². The predicted molar refractivity (Wildman–Crippen MR) is 71.8 cm³/mol. The number of rotatable bonds is 3. The van der Waals surface area contributed by atoms with E-state index in [1.165, 1.54) is 0 Å². The molecule has 0 aliphatic rings. The molecule has 1 amide bonds. The molecule has 0 spiro atoms. The van der Waals surface area contributed by atoms with E-state index in [2.05, 4.69) is 21.2 Å². The molecule has 0 fully saturated rings. The Bertz CT molecular complexity index is 393. The van der Waals surface area contributed by atoms with Crippen LogP contribution in [0.25, 0.3) is 0 Å². The third-order valence-corrected chi connectivity index (χ3v) is 4.02. The van der Waals surface area contributed by atoms with E-state index in [-0.39, 0.29) is 11.8 Å². The van der Waals surface area contributed by atoms with Crippen LogP contribution in [-0.4, -0.2) is 5.91 Å². The average Bonchev–Trinajstić information content (AvgIpc) is 2.23. The van der Waals surface area contributed by atoms with E-state index < -0.39 is 0 Å². The molecule has 1 aromatic carbocycles. The summed E-state index contributed by atoms with van der Waals surface area (Å²) in [5.74, 6) is 0.307. The number of carbonyl (C=O) groups is 1. The number of amides is 1. The van der Waals surface area contributed by atoms with Crippen molar-refractivity contribution >= 4 is 39.1 Å². The number of benzene rings is 1. The highest BCUT2D eigenvalue weighted by Gasteiger charge is 2.17. The summed E-state index contributed by atoms with van der Waals surface area (Å²) in [6.45, 7) is 5.97. The third kappa shape index (κ3) is 3.22. The molecule has 88 valence electrons. The van der Waals surface area contributed by atoms with Gasteiger partial charge in [-0.15, -0.1) is 0 Å². The first kappa shape index (κ1) is 13.5. The van der Waals surface area contributed by atoms with Crippen LogP contribution in [0, 0.1) is 11.8 Å². The lowest BCUT2D eigenvalue weighted by molar-refractivity contribution is -0.120. The van der Waals surface area contributed by atoms with Crippen LogP contribution in [0.4, 0.5) is 5.69 Å². The molecule has 2 nitrogen and oxygen atoms in total. The van der Waals surface area contributed by atoms with Crippen molar-refractivity contribution in [3.8, 4) is 0 Å². The molecule has 0 bridgehead atoms. The molecule has 1 atom stereocenters. The normalized spacial score (nSPS) is 12.6. The lowest BCUT2D eigenvalue weighted by Gasteiger charge is -2.16. The van der Waals surface area contributed by atoms with Crippen LogP contribution in [0.3, 0.4) is 0 Å². The molecule has 4 heteroatoms. The van der Waals surface area contributed by atoms with Crippen molar-refractivity contribution in [2.24, 2.45) is 11.8 Å². The Morgan fingerprint density at radius 2 is 2.00 bits per heavy atom. The van der Waals surface area contributed by atoms with Gasteiger partial charge >= 0.3 is 0 Å². The van der Waals surface area contributed by atoms with Gasteiger partial charge in [0.2, 0.25) is 5.91 Å². The number of anilines is 1. The van der Waals surface area contributed by atoms with Gasteiger partial charge in [0.25, 0.3) is 0 Å². The van der Waals surface area contributed by atoms with Crippen molar-refractivity contribution < 1.29 is 4.79 Å². The van der Waals surface area contributed by atoms with Gasteiger partial charge < -0.3 is 5.32 Å². The monoisotopic (exact) mass is 303 g/mol. The Morgan fingerprint density at radius 3 is 2.56 bits per heavy atom. The zero-order chi connectivity index (χ0) is 12.3. The van der Waals surface area contributed by atoms with Crippen LogP contribution >= 0.6 is 27.5 Å². The fourth-order valence-corrected chi connectivity index (χ4v) is 1.69. The average molecular weight is 305 g/mol. The molecule has 0 saturated carbocycles.